The zero-order chi connectivity index (χ0) is 21.4. The number of aryl methyl sites for hydroxylation is 1. The predicted octanol–water partition coefficient (Wildman–Crippen LogP) is 3.09. The molecule has 1 saturated heterocycles. The first kappa shape index (κ1) is 20.4. The van der Waals surface area contributed by atoms with Crippen LogP contribution in [-0.2, 0) is 22.4 Å². The third kappa shape index (κ3) is 4.06. The second kappa shape index (κ2) is 8.12. The summed E-state index contributed by atoms with van der Waals surface area (Å²) in [5.41, 5.74) is 2.28. The Morgan fingerprint density at radius 1 is 1.30 bits per heavy atom. The van der Waals surface area contributed by atoms with E-state index in [-0.39, 0.29) is 22.9 Å². The normalized spacial score (nSPS) is 17.5. The monoisotopic (exact) mass is 415 g/mol. The molecule has 0 bridgehead atoms. The standard InChI is InChI=1S/C22H23F2N3O3/c1-13-3-4-27-18(11-15-12-26(2)5-6-30-15)22(25-19(27)7-13)21-16(23)8-14(9-17(21)24)10-20(28)29/h3-4,7-9,15H,5-6,10-12H2,1-2H3,(H,28,29). The highest BCUT2D eigenvalue weighted by Crippen LogP contribution is 2.32. The van der Waals surface area contributed by atoms with Gasteiger partial charge in [-0.1, -0.05) is 0 Å². The molecule has 0 saturated carbocycles. The lowest BCUT2D eigenvalue weighted by molar-refractivity contribution is -0.136. The minimum Gasteiger partial charge on any atom is -0.481 e. The molecule has 1 aliphatic rings. The number of hydrogen-bond acceptors (Lipinski definition) is 4. The topological polar surface area (TPSA) is 67.1 Å². The van der Waals surface area contributed by atoms with Crippen LogP contribution in [0.4, 0.5) is 8.78 Å². The van der Waals surface area contributed by atoms with Gasteiger partial charge in [0.2, 0.25) is 0 Å². The van der Waals surface area contributed by atoms with Crippen LogP contribution in [0.15, 0.2) is 30.5 Å². The molecule has 6 nitrogen and oxygen atoms in total. The van der Waals surface area contributed by atoms with E-state index < -0.39 is 24.0 Å². The van der Waals surface area contributed by atoms with Crippen LogP contribution in [0.1, 0.15) is 16.8 Å². The smallest absolute Gasteiger partial charge is 0.307 e. The van der Waals surface area contributed by atoms with E-state index in [1.165, 1.54) is 0 Å². The fraction of sp³-hybridized carbons (Fsp3) is 0.364. The molecule has 0 amide bonds. The van der Waals surface area contributed by atoms with Crippen molar-refractivity contribution in [2.75, 3.05) is 26.7 Å². The number of likely N-dealkylation sites (N-methyl/N-ethyl adjacent to an activating group) is 1. The number of aliphatic carboxylic acids is 1. The highest BCUT2D eigenvalue weighted by Gasteiger charge is 2.26. The summed E-state index contributed by atoms with van der Waals surface area (Å²) in [5.74, 6) is -2.80. The maximum Gasteiger partial charge on any atom is 0.307 e. The number of aromatic nitrogens is 2. The van der Waals surface area contributed by atoms with Crippen molar-refractivity contribution >= 4 is 11.6 Å². The molecular formula is C22H23F2N3O3. The van der Waals surface area contributed by atoms with Crippen LogP contribution in [0.5, 0.6) is 0 Å². The highest BCUT2D eigenvalue weighted by molar-refractivity contribution is 5.72. The molecule has 158 valence electrons. The van der Waals surface area contributed by atoms with Crippen LogP contribution < -0.4 is 0 Å². The summed E-state index contributed by atoms with van der Waals surface area (Å²) in [6.45, 7) is 4.07. The number of benzene rings is 1. The lowest BCUT2D eigenvalue weighted by Gasteiger charge is -2.30. The van der Waals surface area contributed by atoms with Crippen molar-refractivity contribution in [3.05, 3.63) is 58.9 Å². The van der Waals surface area contributed by atoms with Crippen molar-refractivity contribution in [1.82, 2.24) is 14.3 Å². The summed E-state index contributed by atoms with van der Waals surface area (Å²) in [5, 5.41) is 8.93. The maximum absolute atomic E-state index is 15.0. The fourth-order valence-corrected chi connectivity index (χ4v) is 3.93. The molecule has 0 spiro atoms. The minimum absolute atomic E-state index is 0.0691. The molecule has 8 heteroatoms. The van der Waals surface area contributed by atoms with Crippen molar-refractivity contribution in [1.29, 1.82) is 0 Å². The maximum atomic E-state index is 15.0. The second-order valence-electron chi connectivity index (χ2n) is 7.80. The van der Waals surface area contributed by atoms with Crippen LogP contribution in [0, 0.1) is 18.6 Å². The van der Waals surface area contributed by atoms with Crippen LogP contribution in [0.25, 0.3) is 16.9 Å². The van der Waals surface area contributed by atoms with Crippen molar-refractivity contribution in [3.8, 4) is 11.3 Å². The fourth-order valence-electron chi connectivity index (χ4n) is 3.93. The number of carbonyl (C=O) groups is 1. The van der Waals surface area contributed by atoms with Gasteiger partial charge < -0.3 is 19.1 Å². The number of morpholine rings is 1. The van der Waals surface area contributed by atoms with Gasteiger partial charge in [-0.05, 0) is 49.4 Å². The number of ether oxygens (including phenoxy) is 1. The number of imidazole rings is 1. The van der Waals surface area contributed by atoms with E-state index in [0.717, 1.165) is 24.2 Å². The van der Waals surface area contributed by atoms with Gasteiger partial charge in [-0.15, -0.1) is 0 Å². The van der Waals surface area contributed by atoms with Gasteiger partial charge in [0, 0.05) is 25.7 Å². The van der Waals surface area contributed by atoms with E-state index >= 15 is 0 Å². The molecule has 1 aromatic carbocycles. The number of nitrogens with zero attached hydrogens (tertiary/aromatic N) is 3. The summed E-state index contributed by atoms with van der Waals surface area (Å²) in [6.07, 6.45) is 1.71. The lowest BCUT2D eigenvalue weighted by Crippen LogP contribution is -2.41. The third-order valence-corrected chi connectivity index (χ3v) is 5.34. The van der Waals surface area contributed by atoms with E-state index in [0.29, 0.717) is 30.9 Å². The largest absolute Gasteiger partial charge is 0.481 e. The van der Waals surface area contributed by atoms with E-state index in [1.807, 2.05) is 36.7 Å². The van der Waals surface area contributed by atoms with Crippen LogP contribution in [-0.4, -0.2) is 58.2 Å². The molecule has 1 aliphatic heterocycles. The highest BCUT2D eigenvalue weighted by atomic mass is 19.1. The van der Waals surface area contributed by atoms with Gasteiger partial charge in [0.25, 0.3) is 0 Å². The number of rotatable bonds is 5. The minimum atomic E-state index is -1.15. The van der Waals surface area contributed by atoms with Gasteiger partial charge in [-0.3, -0.25) is 4.79 Å². The lowest BCUT2D eigenvalue weighted by atomic mass is 10.0. The van der Waals surface area contributed by atoms with Crippen molar-refractivity contribution in [3.63, 3.8) is 0 Å². The first-order valence-electron chi connectivity index (χ1n) is 9.79. The SMILES string of the molecule is Cc1ccn2c(CC3CN(C)CCO3)c(-c3c(F)cc(CC(=O)O)cc3F)nc2c1. The predicted molar refractivity (Wildman–Crippen MR) is 108 cm³/mol. The molecular weight excluding hydrogens is 392 g/mol. The van der Waals surface area contributed by atoms with E-state index in [2.05, 4.69) is 9.88 Å². The molecule has 3 heterocycles. The first-order chi connectivity index (χ1) is 14.3. The molecule has 2 aromatic heterocycles. The number of carboxylic acids is 1. The number of hydrogen-bond donors (Lipinski definition) is 1. The Hall–Kier alpha value is -2.84. The van der Waals surface area contributed by atoms with E-state index in [1.54, 1.807) is 0 Å². The average molecular weight is 415 g/mol. The molecule has 1 N–H and O–H groups in total. The molecule has 1 unspecified atom stereocenters. The van der Waals surface area contributed by atoms with Gasteiger partial charge >= 0.3 is 5.97 Å². The zero-order valence-electron chi connectivity index (χ0n) is 16.9. The number of fused-ring (bicyclic) bond motifs is 1. The Balaban J connectivity index is 1.83. The van der Waals surface area contributed by atoms with E-state index in [4.69, 9.17) is 9.84 Å². The zero-order valence-corrected chi connectivity index (χ0v) is 16.9. The Labute approximate surface area is 172 Å². The first-order valence-corrected chi connectivity index (χ1v) is 9.79. The van der Waals surface area contributed by atoms with Crippen LogP contribution in [0.2, 0.25) is 0 Å². The molecule has 3 aromatic rings. The van der Waals surface area contributed by atoms with Gasteiger partial charge in [0.15, 0.2) is 0 Å². The third-order valence-electron chi connectivity index (χ3n) is 5.34. The average Bonchev–Trinajstić information content (AvgIpc) is 2.97. The van der Waals surface area contributed by atoms with Crippen LogP contribution in [0.3, 0.4) is 0 Å². The van der Waals surface area contributed by atoms with Gasteiger partial charge in [-0.25, -0.2) is 13.8 Å². The van der Waals surface area contributed by atoms with Gasteiger partial charge in [0.1, 0.15) is 17.3 Å². The molecule has 1 atom stereocenters. The summed E-state index contributed by atoms with van der Waals surface area (Å²) in [4.78, 5) is 17.6. The summed E-state index contributed by atoms with van der Waals surface area (Å²) < 4.78 is 37.6. The summed E-state index contributed by atoms with van der Waals surface area (Å²) in [6, 6.07) is 5.90. The van der Waals surface area contributed by atoms with Crippen molar-refractivity contribution < 1.29 is 23.4 Å². The second-order valence-corrected chi connectivity index (χ2v) is 7.80. The molecule has 30 heavy (non-hydrogen) atoms. The molecule has 0 aliphatic carbocycles. The van der Waals surface area contributed by atoms with Gasteiger partial charge in [-0.2, -0.15) is 0 Å². The van der Waals surface area contributed by atoms with Crippen molar-refractivity contribution in [2.45, 2.75) is 25.9 Å². The van der Waals surface area contributed by atoms with Crippen molar-refractivity contribution in [2.24, 2.45) is 0 Å². The van der Waals surface area contributed by atoms with E-state index in [9.17, 15) is 13.6 Å². The Morgan fingerprint density at radius 3 is 2.70 bits per heavy atom. The molecule has 0 radical (unpaired) electrons. The summed E-state index contributed by atoms with van der Waals surface area (Å²) >= 11 is 0. The molecule has 4 rings (SSSR count). The Bertz CT molecular complexity index is 1090. The number of carboxylic acid groups (broad SMARTS) is 1. The number of halogens is 2. The Morgan fingerprint density at radius 2 is 2.03 bits per heavy atom. The Kier molecular flexibility index (Phi) is 5.53. The van der Waals surface area contributed by atoms with Crippen LogP contribution >= 0.6 is 0 Å². The number of pyridine rings is 1. The quantitative estimate of drug-likeness (QED) is 0.694. The molecule has 1 fully saturated rings. The van der Waals surface area contributed by atoms with Gasteiger partial charge in [0.05, 0.1) is 36.1 Å². The summed E-state index contributed by atoms with van der Waals surface area (Å²) in [7, 11) is 2.01.